The smallest absolute Gasteiger partial charge is 0.338 e. The normalized spacial score (nSPS) is 14.7. The summed E-state index contributed by atoms with van der Waals surface area (Å²) in [5, 5.41) is 0. The van der Waals surface area contributed by atoms with E-state index in [-0.39, 0.29) is 18.8 Å². The molecule has 0 aliphatic carbocycles. The first kappa shape index (κ1) is 31.2. The maximum absolute atomic E-state index is 14.2. The molecule has 218 valence electrons. The van der Waals surface area contributed by atoms with Crippen LogP contribution in [0.25, 0.3) is 11.8 Å². The monoisotopic (exact) mass is 814 g/mol. The number of thiazole rings is 1. The van der Waals surface area contributed by atoms with E-state index in [1.165, 1.54) is 16.9 Å². The zero-order valence-corrected chi connectivity index (χ0v) is 28.9. The van der Waals surface area contributed by atoms with Gasteiger partial charge in [0, 0.05) is 5.56 Å². The Balaban J connectivity index is 1.76. The molecule has 0 bridgehead atoms. The predicted octanol–water partition coefficient (Wildman–Crippen LogP) is 6.28. The van der Waals surface area contributed by atoms with Crippen LogP contribution in [0.4, 0.5) is 0 Å². The van der Waals surface area contributed by atoms with Crippen LogP contribution in [0.15, 0.2) is 82.1 Å². The van der Waals surface area contributed by atoms with Crippen LogP contribution < -0.4 is 19.6 Å². The minimum atomic E-state index is -0.714. The van der Waals surface area contributed by atoms with E-state index in [0.29, 0.717) is 32.3 Å². The third kappa shape index (κ3) is 6.51. The molecule has 2 heterocycles. The molecule has 43 heavy (non-hydrogen) atoms. The van der Waals surface area contributed by atoms with Gasteiger partial charge in [-0.1, -0.05) is 85.7 Å². The van der Waals surface area contributed by atoms with Gasteiger partial charge in [-0.3, -0.25) is 9.36 Å². The number of halogens is 2. The van der Waals surface area contributed by atoms with Gasteiger partial charge in [0.25, 0.3) is 5.56 Å². The SMILES string of the molecule is C#CCOc1c(I)cc(/C=c2\sc3n(c2=O)[C@H](c2ccc(C(C)C)cc2)C(C(=O)OCC)=C(c2ccccc2)N=3)cc1I. The van der Waals surface area contributed by atoms with Gasteiger partial charge in [-0.05, 0) is 92.9 Å². The van der Waals surface area contributed by atoms with Gasteiger partial charge in [0.15, 0.2) is 4.80 Å². The molecule has 4 aromatic rings. The molecule has 3 aromatic carbocycles. The predicted molar refractivity (Wildman–Crippen MR) is 188 cm³/mol. The number of fused-ring (bicyclic) bond motifs is 1. The lowest BCUT2D eigenvalue weighted by atomic mass is 9.91. The van der Waals surface area contributed by atoms with Gasteiger partial charge in [-0.25, -0.2) is 9.79 Å². The quantitative estimate of drug-likeness (QED) is 0.119. The standard InChI is InChI=1S/C34H28I2N2O4S/c1-5-16-42-31-25(35)17-21(18-26(31)36)19-27-32(39)38-30(24-14-12-22(13-15-24)20(3)4)28(33(40)41-6-2)29(37-34(38)43-27)23-10-8-7-9-11-23/h1,7-15,17-20,30H,6,16H2,2-4H3/b27-19-/t30-/m1/s1. The fourth-order valence-electron chi connectivity index (χ4n) is 4.88. The number of hydrogen-bond acceptors (Lipinski definition) is 6. The van der Waals surface area contributed by atoms with E-state index >= 15 is 0 Å². The van der Waals surface area contributed by atoms with E-state index < -0.39 is 12.0 Å². The molecule has 1 atom stereocenters. The van der Waals surface area contributed by atoms with Crippen molar-refractivity contribution in [2.45, 2.75) is 32.7 Å². The Kier molecular flexibility index (Phi) is 9.88. The number of hydrogen-bond donors (Lipinski definition) is 0. The van der Waals surface area contributed by atoms with Gasteiger partial charge in [-0.15, -0.1) is 6.42 Å². The number of terminal acetylenes is 1. The molecule has 5 rings (SSSR count). The van der Waals surface area contributed by atoms with Crippen LogP contribution in [0, 0.1) is 19.5 Å². The Morgan fingerprint density at radius 2 is 1.79 bits per heavy atom. The molecule has 1 aliphatic rings. The summed E-state index contributed by atoms with van der Waals surface area (Å²) in [6, 6.07) is 20.8. The van der Waals surface area contributed by atoms with Gasteiger partial charge < -0.3 is 9.47 Å². The van der Waals surface area contributed by atoms with Gasteiger partial charge in [-0.2, -0.15) is 0 Å². The van der Waals surface area contributed by atoms with Crippen LogP contribution >= 0.6 is 56.5 Å². The zero-order chi connectivity index (χ0) is 30.7. The van der Waals surface area contributed by atoms with Crippen molar-refractivity contribution >= 4 is 74.3 Å². The van der Waals surface area contributed by atoms with Gasteiger partial charge >= 0.3 is 5.97 Å². The minimum Gasteiger partial charge on any atom is -0.479 e. The van der Waals surface area contributed by atoms with Crippen molar-refractivity contribution in [3.63, 3.8) is 0 Å². The van der Waals surface area contributed by atoms with E-state index in [4.69, 9.17) is 20.9 Å². The Bertz CT molecular complexity index is 1910. The number of rotatable bonds is 8. The summed E-state index contributed by atoms with van der Waals surface area (Å²) in [4.78, 5) is 33.3. The summed E-state index contributed by atoms with van der Waals surface area (Å²) in [5.74, 6) is 3.05. The van der Waals surface area contributed by atoms with Crippen LogP contribution in [0.3, 0.4) is 0 Å². The molecule has 0 amide bonds. The van der Waals surface area contributed by atoms with Crippen LogP contribution in [-0.4, -0.2) is 23.8 Å². The van der Waals surface area contributed by atoms with Crippen molar-refractivity contribution in [2.24, 2.45) is 4.99 Å². The molecule has 9 heteroatoms. The van der Waals surface area contributed by atoms with Crippen molar-refractivity contribution < 1.29 is 14.3 Å². The number of carbonyl (C=O) groups is 1. The van der Waals surface area contributed by atoms with Gasteiger partial charge in [0.05, 0.1) is 35.6 Å². The van der Waals surface area contributed by atoms with E-state index in [2.05, 4.69) is 77.1 Å². The highest BCUT2D eigenvalue weighted by atomic mass is 127. The lowest BCUT2D eigenvalue weighted by molar-refractivity contribution is -0.138. The van der Waals surface area contributed by atoms with E-state index in [9.17, 15) is 9.59 Å². The maximum atomic E-state index is 14.2. The number of ether oxygens (including phenoxy) is 2. The Morgan fingerprint density at radius 3 is 2.40 bits per heavy atom. The zero-order valence-electron chi connectivity index (χ0n) is 23.8. The number of esters is 1. The lowest BCUT2D eigenvalue weighted by Gasteiger charge is -2.26. The van der Waals surface area contributed by atoms with Gasteiger partial charge in [0.2, 0.25) is 0 Å². The van der Waals surface area contributed by atoms with Crippen molar-refractivity contribution in [3.8, 4) is 18.1 Å². The molecule has 0 unspecified atom stereocenters. The van der Waals surface area contributed by atoms with Crippen LogP contribution in [-0.2, 0) is 9.53 Å². The van der Waals surface area contributed by atoms with Crippen LogP contribution in [0.2, 0.25) is 0 Å². The van der Waals surface area contributed by atoms with Crippen LogP contribution in [0.1, 0.15) is 55.0 Å². The largest absolute Gasteiger partial charge is 0.479 e. The molecule has 1 aliphatic heterocycles. The second-order valence-electron chi connectivity index (χ2n) is 10.1. The molecule has 6 nitrogen and oxygen atoms in total. The highest BCUT2D eigenvalue weighted by Crippen LogP contribution is 2.36. The summed E-state index contributed by atoms with van der Waals surface area (Å²) >= 11 is 5.72. The summed E-state index contributed by atoms with van der Waals surface area (Å²) in [6.07, 6.45) is 7.23. The van der Waals surface area contributed by atoms with Crippen molar-refractivity contribution in [1.29, 1.82) is 0 Å². The molecule has 0 fully saturated rings. The Labute approximate surface area is 281 Å². The summed E-state index contributed by atoms with van der Waals surface area (Å²) in [7, 11) is 0. The Hall–Kier alpha value is -3.21. The van der Waals surface area contributed by atoms with Crippen molar-refractivity contribution in [1.82, 2.24) is 4.57 Å². The molecular formula is C34H28I2N2O4S. The van der Waals surface area contributed by atoms with E-state index in [1.807, 2.05) is 60.7 Å². The first-order valence-corrected chi connectivity index (χ1v) is 16.6. The second-order valence-corrected chi connectivity index (χ2v) is 13.4. The average Bonchev–Trinajstić information content (AvgIpc) is 3.30. The molecule has 0 saturated heterocycles. The third-order valence-electron chi connectivity index (χ3n) is 6.91. The first-order valence-electron chi connectivity index (χ1n) is 13.7. The molecule has 0 saturated carbocycles. The van der Waals surface area contributed by atoms with E-state index in [0.717, 1.165) is 23.8 Å². The van der Waals surface area contributed by atoms with E-state index in [1.54, 1.807) is 11.5 Å². The molecule has 0 radical (unpaired) electrons. The summed E-state index contributed by atoms with van der Waals surface area (Å²) in [6.45, 7) is 6.41. The average molecular weight is 814 g/mol. The molecule has 0 spiro atoms. The number of benzene rings is 3. The van der Waals surface area contributed by atoms with Gasteiger partial charge in [0.1, 0.15) is 12.4 Å². The Morgan fingerprint density at radius 1 is 1.12 bits per heavy atom. The van der Waals surface area contributed by atoms with Crippen molar-refractivity contribution in [3.05, 3.63) is 121 Å². The highest BCUT2D eigenvalue weighted by molar-refractivity contribution is 14.1. The minimum absolute atomic E-state index is 0.175. The number of aromatic nitrogens is 1. The van der Waals surface area contributed by atoms with Crippen LogP contribution in [0.5, 0.6) is 5.75 Å². The topological polar surface area (TPSA) is 69.9 Å². The lowest BCUT2D eigenvalue weighted by Crippen LogP contribution is -2.40. The van der Waals surface area contributed by atoms with Crippen molar-refractivity contribution in [2.75, 3.05) is 13.2 Å². The summed E-state index contributed by atoms with van der Waals surface area (Å²) < 4.78 is 15.2. The highest BCUT2D eigenvalue weighted by Gasteiger charge is 2.35. The third-order valence-corrected chi connectivity index (χ3v) is 9.50. The maximum Gasteiger partial charge on any atom is 0.338 e. The molecule has 1 aromatic heterocycles. The number of carbonyl (C=O) groups excluding carboxylic acids is 1. The molecule has 0 N–H and O–H groups in total. The summed E-state index contributed by atoms with van der Waals surface area (Å²) in [5.41, 5.74) is 4.21. The second kappa shape index (κ2) is 13.6. The first-order chi connectivity index (χ1) is 20.7. The number of nitrogens with zero attached hydrogens (tertiary/aromatic N) is 2. The fraction of sp³-hybridized carbons (Fsp3) is 0.206. The fourth-order valence-corrected chi connectivity index (χ4v) is 8.01. The molecular weight excluding hydrogens is 786 g/mol.